The lowest BCUT2D eigenvalue weighted by Crippen LogP contribution is -2.41. The van der Waals surface area contributed by atoms with E-state index in [1.54, 1.807) is 11.3 Å². The molecule has 0 spiro atoms. The molecule has 2 N–H and O–H groups in total. The van der Waals surface area contributed by atoms with E-state index in [1.807, 2.05) is 33.8 Å². The van der Waals surface area contributed by atoms with Gasteiger partial charge < -0.3 is 10.5 Å². The second-order valence-electron chi connectivity index (χ2n) is 5.65. The summed E-state index contributed by atoms with van der Waals surface area (Å²) in [7, 11) is 0. The molecule has 1 aromatic rings. The van der Waals surface area contributed by atoms with E-state index in [2.05, 4.69) is 11.4 Å². The molecule has 2 atom stereocenters. The SMILES string of the molecule is CC(CCc1cccs1)C(N)C(=O)OC(C)(C)C. The summed E-state index contributed by atoms with van der Waals surface area (Å²) >= 11 is 1.74. The largest absolute Gasteiger partial charge is 0.459 e. The van der Waals surface area contributed by atoms with Gasteiger partial charge >= 0.3 is 5.97 Å². The van der Waals surface area contributed by atoms with Gasteiger partial charge in [0.2, 0.25) is 0 Å². The van der Waals surface area contributed by atoms with E-state index in [9.17, 15) is 4.79 Å². The third kappa shape index (κ3) is 5.19. The fourth-order valence-corrected chi connectivity index (χ4v) is 2.33. The highest BCUT2D eigenvalue weighted by Crippen LogP contribution is 2.18. The molecular weight excluding hydrogens is 246 g/mol. The Bertz CT molecular complexity index is 368. The Morgan fingerprint density at radius 1 is 1.50 bits per heavy atom. The number of aryl methyl sites for hydroxylation is 1. The average molecular weight is 269 g/mol. The van der Waals surface area contributed by atoms with Crippen LogP contribution in [0.4, 0.5) is 0 Å². The van der Waals surface area contributed by atoms with Crippen LogP contribution in [-0.2, 0) is 16.0 Å². The first-order valence-electron chi connectivity index (χ1n) is 6.30. The van der Waals surface area contributed by atoms with E-state index in [0.717, 1.165) is 12.8 Å². The molecule has 3 nitrogen and oxygen atoms in total. The van der Waals surface area contributed by atoms with Gasteiger partial charge in [0.1, 0.15) is 11.6 Å². The predicted octanol–water partition coefficient (Wildman–Crippen LogP) is 2.99. The smallest absolute Gasteiger partial charge is 0.323 e. The Hall–Kier alpha value is -0.870. The second-order valence-corrected chi connectivity index (χ2v) is 6.69. The Kier molecular flexibility index (Phi) is 5.35. The Balaban J connectivity index is 2.41. The van der Waals surface area contributed by atoms with Gasteiger partial charge in [0.15, 0.2) is 0 Å². The van der Waals surface area contributed by atoms with Crippen LogP contribution in [-0.4, -0.2) is 17.6 Å². The topological polar surface area (TPSA) is 52.3 Å². The second kappa shape index (κ2) is 6.34. The van der Waals surface area contributed by atoms with Crippen LogP contribution in [0, 0.1) is 5.92 Å². The van der Waals surface area contributed by atoms with E-state index >= 15 is 0 Å². The first-order chi connectivity index (χ1) is 8.29. The van der Waals surface area contributed by atoms with Gasteiger partial charge in [0.05, 0.1) is 0 Å². The number of carbonyl (C=O) groups excluding carboxylic acids is 1. The number of thiophene rings is 1. The van der Waals surface area contributed by atoms with Crippen LogP contribution in [0.25, 0.3) is 0 Å². The molecule has 1 rings (SSSR count). The van der Waals surface area contributed by atoms with Crippen LogP contribution in [0.2, 0.25) is 0 Å². The van der Waals surface area contributed by atoms with Crippen LogP contribution in [0.5, 0.6) is 0 Å². The number of carbonyl (C=O) groups is 1. The summed E-state index contributed by atoms with van der Waals surface area (Å²) in [6, 6.07) is 3.61. The lowest BCUT2D eigenvalue weighted by Gasteiger charge is -2.25. The predicted molar refractivity (Wildman–Crippen MR) is 75.6 cm³/mol. The van der Waals surface area contributed by atoms with E-state index in [4.69, 9.17) is 10.5 Å². The molecule has 0 amide bonds. The van der Waals surface area contributed by atoms with E-state index in [1.165, 1.54) is 4.88 Å². The van der Waals surface area contributed by atoms with Crippen molar-refractivity contribution in [1.82, 2.24) is 0 Å². The summed E-state index contributed by atoms with van der Waals surface area (Å²) in [5, 5.41) is 2.06. The highest BCUT2D eigenvalue weighted by Gasteiger charge is 2.26. The maximum absolute atomic E-state index is 11.8. The monoisotopic (exact) mass is 269 g/mol. The van der Waals surface area contributed by atoms with E-state index in [-0.39, 0.29) is 11.9 Å². The molecule has 2 unspecified atom stereocenters. The molecule has 0 saturated carbocycles. The number of rotatable bonds is 5. The Morgan fingerprint density at radius 2 is 2.17 bits per heavy atom. The summed E-state index contributed by atoms with van der Waals surface area (Å²) in [5.74, 6) is -0.178. The first kappa shape index (κ1) is 15.2. The van der Waals surface area contributed by atoms with E-state index < -0.39 is 11.6 Å². The van der Waals surface area contributed by atoms with Gasteiger partial charge in [-0.15, -0.1) is 11.3 Å². The van der Waals surface area contributed by atoms with Gasteiger partial charge in [-0.3, -0.25) is 4.79 Å². The van der Waals surface area contributed by atoms with Gasteiger partial charge in [-0.1, -0.05) is 13.0 Å². The molecule has 0 bridgehead atoms. The number of nitrogens with two attached hydrogens (primary N) is 1. The van der Waals surface area contributed by atoms with Crippen molar-refractivity contribution in [3.63, 3.8) is 0 Å². The average Bonchev–Trinajstić information content (AvgIpc) is 2.75. The maximum atomic E-state index is 11.8. The van der Waals surface area contributed by atoms with Crippen LogP contribution >= 0.6 is 11.3 Å². The molecule has 1 heterocycles. The maximum Gasteiger partial charge on any atom is 0.323 e. The van der Waals surface area contributed by atoms with Crippen molar-refractivity contribution in [3.8, 4) is 0 Å². The summed E-state index contributed by atoms with van der Waals surface area (Å²) in [6.45, 7) is 7.57. The molecule has 0 radical (unpaired) electrons. The van der Waals surface area contributed by atoms with Crippen LogP contribution < -0.4 is 5.73 Å². The number of esters is 1. The normalized spacial score (nSPS) is 15.2. The highest BCUT2D eigenvalue weighted by molar-refractivity contribution is 7.09. The van der Waals surface area contributed by atoms with Crippen molar-refractivity contribution in [1.29, 1.82) is 0 Å². The molecule has 0 aromatic carbocycles. The highest BCUT2D eigenvalue weighted by atomic mass is 32.1. The molecule has 0 aliphatic heterocycles. The number of ether oxygens (including phenoxy) is 1. The zero-order valence-electron chi connectivity index (χ0n) is 11.6. The molecule has 18 heavy (non-hydrogen) atoms. The lowest BCUT2D eigenvalue weighted by atomic mass is 9.96. The molecule has 0 saturated heterocycles. The molecule has 0 fully saturated rings. The summed E-state index contributed by atoms with van der Waals surface area (Å²) < 4.78 is 5.30. The Labute approximate surface area is 113 Å². The zero-order chi connectivity index (χ0) is 13.8. The minimum Gasteiger partial charge on any atom is -0.459 e. The number of hydrogen-bond donors (Lipinski definition) is 1. The third-order valence-electron chi connectivity index (χ3n) is 2.72. The van der Waals surface area contributed by atoms with Crippen LogP contribution in [0.15, 0.2) is 17.5 Å². The molecular formula is C14H23NO2S. The van der Waals surface area contributed by atoms with Crippen molar-refractivity contribution in [2.24, 2.45) is 11.7 Å². The van der Waals surface area contributed by atoms with Gasteiger partial charge in [0, 0.05) is 4.88 Å². The zero-order valence-corrected chi connectivity index (χ0v) is 12.4. The summed E-state index contributed by atoms with van der Waals surface area (Å²) in [4.78, 5) is 13.1. The Morgan fingerprint density at radius 3 is 2.67 bits per heavy atom. The molecule has 0 aliphatic carbocycles. The molecule has 0 aliphatic rings. The van der Waals surface area contributed by atoms with Gasteiger partial charge in [-0.05, 0) is 51.0 Å². The van der Waals surface area contributed by atoms with Crippen molar-refractivity contribution in [3.05, 3.63) is 22.4 Å². The molecule has 102 valence electrons. The van der Waals surface area contributed by atoms with Gasteiger partial charge in [-0.2, -0.15) is 0 Å². The van der Waals surface area contributed by atoms with Crippen molar-refractivity contribution in [2.45, 2.75) is 52.2 Å². The summed E-state index contributed by atoms with van der Waals surface area (Å²) in [5.41, 5.74) is 5.47. The van der Waals surface area contributed by atoms with Gasteiger partial charge in [0.25, 0.3) is 0 Å². The van der Waals surface area contributed by atoms with Crippen LogP contribution in [0.3, 0.4) is 0 Å². The minimum absolute atomic E-state index is 0.127. The van der Waals surface area contributed by atoms with Crippen molar-refractivity contribution < 1.29 is 9.53 Å². The van der Waals surface area contributed by atoms with Gasteiger partial charge in [-0.25, -0.2) is 0 Å². The first-order valence-corrected chi connectivity index (χ1v) is 7.18. The third-order valence-corrected chi connectivity index (χ3v) is 3.65. The van der Waals surface area contributed by atoms with E-state index in [0.29, 0.717) is 0 Å². The molecule has 4 heteroatoms. The fourth-order valence-electron chi connectivity index (χ4n) is 1.61. The van der Waals surface area contributed by atoms with Crippen LogP contribution in [0.1, 0.15) is 39.0 Å². The lowest BCUT2D eigenvalue weighted by molar-refractivity contribution is -0.157. The van der Waals surface area contributed by atoms with Crippen molar-refractivity contribution in [2.75, 3.05) is 0 Å². The standard InChI is InChI=1S/C14H23NO2S/c1-10(7-8-11-6-5-9-18-11)12(15)13(16)17-14(2,3)4/h5-6,9-10,12H,7-8,15H2,1-4H3. The van der Waals surface area contributed by atoms with Crippen molar-refractivity contribution >= 4 is 17.3 Å². The minimum atomic E-state index is -0.538. The fraction of sp³-hybridized carbons (Fsp3) is 0.643. The molecule has 1 aromatic heterocycles. The number of hydrogen-bond acceptors (Lipinski definition) is 4. The summed E-state index contributed by atoms with van der Waals surface area (Å²) in [6.07, 6.45) is 1.87. The quantitative estimate of drug-likeness (QED) is 0.836.